The highest BCUT2D eigenvalue weighted by Crippen LogP contribution is 2.29. The molecule has 0 aliphatic heterocycles. The van der Waals surface area contributed by atoms with Crippen LogP contribution in [0.3, 0.4) is 0 Å². The van der Waals surface area contributed by atoms with Crippen molar-refractivity contribution in [1.82, 2.24) is 19.3 Å². The van der Waals surface area contributed by atoms with Crippen molar-refractivity contribution in [2.75, 3.05) is 5.75 Å². The van der Waals surface area contributed by atoms with Crippen molar-refractivity contribution in [3.8, 4) is 17.1 Å². The monoisotopic (exact) mass is 496 g/mol. The van der Waals surface area contributed by atoms with E-state index in [4.69, 9.17) is 4.42 Å². The lowest BCUT2D eigenvalue weighted by molar-refractivity contribution is 0.102. The van der Waals surface area contributed by atoms with Gasteiger partial charge in [0.2, 0.25) is 0 Å². The standard InChI is InChI=1S/C29H28N4O2S/c1-19-10-12-24(13-11-19)33-20(2)16-26(21(33)3)27(34)18-36-29-31-30-28(25-14-15-35-22(25)4)32(29)17-23-8-6-5-7-9-23/h5-16H,17-18H2,1-4H3. The fourth-order valence-electron chi connectivity index (χ4n) is 4.46. The molecule has 0 fully saturated rings. The fraction of sp³-hybridized carbons (Fsp3) is 0.207. The topological polar surface area (TPSA) is 65.8 Å². The molecule has 182 valence electrons. The Morgan fingerprint density at radius 1 is 0.944 bits per heavy atom. The van der Waals surface area contributed by atoms with Crippen LogP contribution in [0.2, 0.25) is 0 Å². The number of ketones is 1. The minimum absolute atomic E-state index is 0.0711. The van der Waals surface area contributed by atoms with Crippen molar-refractivity contribution in [2.45, 2.75) is 39.4 Å². The van der Waals surface area contributed by atoms with E-state index >= 15 is 0 Å². The molecule has 5 aromatic rings. The number of nitrogens with zero attached hydrogens (tertiary/aromatic N) is 4. The number of hydrogen-bond donors (Lipinski definition) is 0. The molecule has 0 atom stereocenters. The second-order valence-electron chi connectivity index (χ2n) is 8.94. The third-order valence-corrected chi connectivity index (χ3v) is 7.32. The number of benzene rings is 2. The van der Waals surface area contributed by atoms with E-state index in [1.807, 2.05) is 51.1 Å². The van der Waals surface area contributed by atoms with Crippen LogP contribution in [0.25, 0.3) is 17.1 Å². The predicted octanol–water partition coefficient (Wildman–Crippen LogP) is 6.59. The highest BCUT2D eigenvalue weighted by Gasteiger charge is 2.21. The van der Waals surface area contributed by atoms with Gasteiger partial charge < -0.3 is 8.98 Å². The third kappa shape index (κ3) is 4.66. The number of aryl methyl sites for hydroxylation is 3. The Kier molecular flexibility index (Phi) is 6.65. The van der Waals surface area contributed by atoms with Crippen molar-refractivity contribution in [3.05, 3.63) is 107 Å². The smallest absolute Gasteiger partial charge is 0.192 e. The van der Waals surface area contributed by atoms with Gasteiger partial charge in [0.25, 0.3) is 0 Å². The summed E-state index contributed by atoms with van der Waals surface area (Å²) in [6.07, 6.45) is 1.66. The lowest BCUT2D eigenvalue weighted by atomic mass is 10.2. The second kappa shape index (κ2) is 10.0. The Balaban J connectivity index is 1.41. The van der Waals surface area contributed by atoms with Gasteiger partial charge in [-0.2, -0.15) is 0 Å². The molecule has 5 rings (SSSR count). The largest absolute Gasteiger partial charge is 0.469 e. The minimum Gasteiger partial charge on any atom is -0.469 e. The molecule has 6 nitrogen and oxygen atoms in total. The summed E-state index contributed by atoms with van der Waals surface area (Å²) in [6, 6.07) is 22.4. The van der Waals surface area contributed by atoms with Crippen LogP contribution in [0.5, 0.6) is 0 Å². The highest BCUT2D eigenvalue weighted by atomic mass is 32.2. The van der Waals surface area contributed by atoms with Crippen LogP contribution in [0.4, 0.5) is 0 Å². The molecule has 0 saturated carbocycles. The zero-order valence-corrected chi connectivity index (χ0v) is 21.7. The van der Waals surface area contributed by atoms with Crippen molar-refractivity contribution < 1.29 is 9.21 Å². The van der Waals surface area contributed by atoms with Crippen molar-refractivity contribution in [1.29, 1.82) is 0 Å². The number of thioether (sulfide) groups is 1. The average molecular weight is 497 g/mol. The Labute approximate surface area is 215 Å². The molecule has 0 bridgehead atoms. The van der Waals surface area contributed by atoms with E-state index < -0.39 is 0 Å². The van der Waals surface area contributed by atoms with Gasteiger partial charge in [0.1, 0.15) is 5.76 Å². The van der Waals surface area contributed by atoms with Crippen LogP contribution in [0, 0.1) is 27.7 Å². The molecule has 7 heteroatoms. The summed E-state index contributed by atoms with van der Waals surface area (Å²) >= 11 is 1.41. The van der Waals surface area contributed by atoms with Crippen LogP contribution >= 0.6 is 11.8 Å². The van der Waals surface area contributed by atoms with Crippen LogP contribution in [0.1, 0.15) is 38.6 Å². The summed E-state index contributed by atoms with van der Waals surface area (Å²) in [4.78, 5) is 13.3. The Hall–Kier alpha value is -3.84. The van der Waals surface area contributed by atoms with Gasteiger partial charge in [-0.15, -0.1) is 10.2 Å². The molecule has 36 heavy (non-hydrogen) atoms. The van der Waals surface area contributed by atoms with Gasteiger partial charge in [0.05, 0.1) is 24.1 Å². The molecule has 3 heterocycles. The van der Waals surface area contributed by atoms with E-state index in [0.717, 1.165) is 45.4 Å². The number of Topliss-reactive ketones (excluding diaryl/α,β-unsaturated/α-hetero) is 1. The first-order chi connectivity index (χ1) is 17.4. The molecule has 0 unspecified atom stereocenters. The van der Waals surface area contributed by atoms with Gasteiger partial charge in [-0.3, -0.25) is 9.36 Å². The maximum absolute atomic E-state index is 13.3. The molecule has 0 N–H and O–H groups in total. The Morgan fingerprint density at radius 2 is 1.69 bits per heavy atom. The van der Waals surface area contributed by atoms with Crippen molar-refractivity contribution in [2.24, 2.45) is 0 Å². The van der Waals surface area contributed by atoms with E-state index in [9.17, 15) is 4.79 Å². The van der Waals surface area contributed by atoms with Crippen molar-refractivity contribution >= 4 is 17.5 Å². The van der Waals surface area contributed by atoms with E-state index in [1.54, 1.807) is 6.26 Å². The van der Waals surface area contributed by atoms with Crippen LogP contribution in [-0.4, -0.2) is 30.9 Å². The zero-order valence-electron chi connectivity index (χ0n) is 20.9. The van der Waals surface area contributed by atoms with E-state index in [1.165, 1.54) is 17.3 Å². The lowest BCUT2D eigenvalue weighted by Crippen LogP contribution is -2.08. The molecule has 2 aromatic carbocycles. The van der Waals surface area contributed by atoms with E-state index in [0.29, 0.717) is 11.7 Å². The Bertz CT molecular complexity index is 1510. The quantitative estimate of drug-likeness (QED) is 0.179. The second-order valence-corrected chi connectivity index (χ2v) is 9.88. The number of furan rings is 1. The SMILES string of the molecule is Cc1ccc(-n2c(C)cc(C(=O)CSc3nnc(-c4ccoc4C)n3Cc3ccccc3)c2C)cc1. The fourth-order valence-corrected chi connectivity index (χ4v) is 5.29. The van der Waals surface area contributed by atoms with E-state index in [-0.39, 0.29) is 11.5 Å². The molecular weight excluding hydrogens is 468 g/mol. The number of aromatic nitrogens is 4. The maximum atomic E-state index is 13.3. The number of rotatable bonds is 8. The van der Waals surface area contributed by atoms with Gasteiger partial charge in [0.15, 0.2) is 16.8 Å². The summed E-state index contributed by atoms with van der Waals surface area (Å²) < 4.78 is 9.70. The molecule has 0 amide bonds. The van der Waals surface area contributed by atoms with Crippen LogP contribution in [0.15, 0.2) is 82.6 Å². The van der Waals surface area contributed by atoms with Crippen molar-refractivity contribution in [3.63, 3.8) is 0 Å². The number of carbonyl (C=O) groups excluding carboxylic acids is 1. The third-order valence-electron chi connectivity index (χ3n) is 6.36. The molecule has 0 aliphatic rings. The zero-order chi connectivity index (χ0) is 25.2. The summed E-state index contributed by atoms with van der Waals surface area (Å²) in [6.45, 7) is 8.62. The molecular formula is C29H28N4O2S. The normalized spacial score (nSPS) is 11.2. The van der Waals surface area contributed by atoms with Crippen LogP contribution in [-0.2, 0) is 6.54 Å². The molecule has 3 aromatic heterocycles. The highest BCUT2D eigenvalue weighted by molar-refractivity contribution is 7.99. The van der Waals surface area contributed by atoms with Gasteiger partial charge >= 0.3 is 0 Å². The first-order valence-corrected chi connectivity index (χ1v) is 12.8. The maximum Gasteiger partial charge on any atom is 0.192 e. The average Bonchev–Trinajstić information content (AvgIpc) is 3.56. The van der Waals surface area contributed by atoms with E-state index in [2.05, 4.69) is 62.7 Å². The minimum atomic E-state index is 0.0711. The number of carbonyl (C=O) groups is 1. The summed E-state index contributed by atoms with van der Waals surface area (Å²) in [5.41, 5.74) is 7.02. The molecule has 0 radical (unpaired) electrons. The molecule has 0 saturated heterocycles. The Morgan fingerprint density at radius 3 is 2.39 bits per heavy atom. The van der Waals surface area contributed by atoms with Gasteiger partial charge in [-0.1, -0.05) is 59.8 Å². The number of hydrogen-bond acceptors (Lipinski definition) is 5. The van der Waals surface area contributed by atoms with Gasteiger partial charge in [-0.05, 0) is 57.5 Å². The molecule has 0 aliphatic carbocycles. The summed E-state index contributed by atoms with van der Waals surface area (Å²) in [7, 11) is 0. The summed E-state index contributed by atoms with van der Waals surface area (Å²) in [5.74, 6) is 1.86. The first kappa shape index (κ1) is 23.9. The predicted molar refractivity (Wildman–Crippen MR) is 143 cm³/mol. The molecule has 0 spiro atoms. The van der Waals surface area contributed by atoms with Gasteiger partial charge in [-0.25, -0.2) is 0 Å². The summed E-state index contributed by atoms with van der Waals surface area (Å²) in [5, 5.41) is 9.62. The van der Waals surface area contributed by atoms with Crippen LogP contribution < -0.4 is 0 Å². The van der Waals surface area contributed by atoms with Gasteiger partial charge in [0, 0.05) is 22.6 Å². The first-order valence-electron chi connectivity index (χ1n) is 11.9. The lowest BCUT2D eigenvalue weighted by Gasteiger charge is -2.11.